The Morgan fingerprint density at radius 1 is 1.19 bits per heavy atom. The van der Waals surface area contributed by atoms with Gasteiger partial charge in [-0.3, -0.25) is 0 Å². The van der Waals surface area contributed by atoms with Crippen molar-refractivity contribution in [1.29, 1.82) is 0 Å². The molecule has 0 aromatic heterocycles. The van der Waals surface area contributed by atoms with Gasteiger partial charge in [0.1, 0.15) is 0 Å². The van der Waals surface area contributed by atoms with Gasteiger partial charge in [0.15, 0.2) is 0 Å². The molecule has 2 rings (SSSR count). The smallest absolute Gasteiger partial charge is 0.0596 e. The number of nitrogens with one attached hydrogen (secondary N) is 2. The maximum atomic E-state index is 3.65. The first kappa shape index (κ1) is 11.3. The van der Waals surface area contributed by atoms with Crippen LogP contribution in [-0.2, 0) is 0 Å². The predicted octanol–water partition coefficient (Wildman–Crippen LogP) is 1.92. The maximum absolute atomic E-state index is 3.65. The molecule has 0 radical (unpaired) electrons. The van der Waals surface area contributed by atoms with Gasteiger partial charge in [0, 0.05) is 20.1 Å². The van der Waals surface area contributed by atoms with E-state index in [9.17, 15) is 0 Å². The Balaban J connectivity index is 2.07. The molecule has 1 heterocycles. The molecule has 0 amide bonds. The van der Waals surface area contributed by atoms with Crippen LogP contribution in [0.3, 0.4) is 0 Å². The minimum Gasteiger partial charge on any atom is -0.381 e. The lowest BCUT2D eigenvalue weighted by atomic mass is 10.1. The van der Waals surface area contributed by atoms with E-state index in [0.717, 1.165) is 13.1 Å². The fraction of sp³-hybridized carbons (Fsp3) is 0.538. The minimum atomic E-state index is 0.613. The summed E-state index contributed by atoms with van der Waals surface area (Å²) in [6, 6.07) is 9.11. The average Bonchev–Trinajstić information content (AvgIpc) is 2.31. The van der Waals surface area contributed by atoms with E-state index in [2.05, 4.69) is 53.9 Å². The number of hydrogen-bond acceptors (Lipinski definition) is 3. The van der Waals surface area contributed by atoms with Gasteiger partial charge < -0.3 is 15.5 Å². The average molecular weight is 219 g/mol. The number of para-hydroxylation sites is 2. The van der Waals surface area contributed by atoms with Crippen molar-refractivity contribution in [3.8, 4) is 0 Å². The Morgan fingerprint density at radius 3 is 2.56 bits per heavy atom. The molecule has 0 bridgehead atoms. The third-order valence-corrected chi connectivity index (χ3v) is 3.08. The third kappa shape index (κ3) is 2.67. The zero-order chi connectivity index (χ0) is 11.4. The van der Waals surface area contributed by atoms with Crippen LogP contribution in [0.4, 0.5) is 11.4 Å². The largest absolute Gasteiger partial charge is 0.381 e. The minimum absolute atomic E-state index is 0.613. The lowest BCUT2D eigenvalue weighted by molar-refractivity contribution is 0.479. The van der Waals surface area contributed by atoms with Crippen LogP contribution in [0.15, 0.2) is 24.3 Å². The number of piperidine rings is 1. The van der Waals surface area contributed by atoms with Crippen molar-refractivity contribution in [3.05, 3.63) is 24.3 Å². The highest BCUT2D eigenvalue weighted by Crippen LogP contribution is 2.25. The summed E-state index contributed by atoms with van der Waals surface area (Å²) >= 11 is 0. The third-order valence-electron chi connectivity index (χ3n) is 3.08. The van der Waals surface area contributed by atoms with E-state index in [1.165, 1.54) is 24.2 Å². The molecule has 0 saturated carbocycles. The summed E-state index contributed by atoms with van der Waals surface area (Å²) < 4.78 is 0. The summed E-state index contributed by atoms with van der Waals surface area (Å²) in [5, 5.41) is 7.04. The zero-order valence-electron chi connectivity index (χ0n) is 10.2. The topological polar surface area (TPSA) is 27.3 Å². The second kappa shape index (κ2) is 5.21. The molecule has 1 aromatic rings. The summed E-state index contributed by atoms with van der Waals surface area (Å²) in [5.41, 5.74) is 2.51. The maximum Gasteiger partial charge on any atom is 0.0596 e. The first-order valence-electron chi connectivity index (χ1n) is 6.01. The van der Waals surface area contributed by atoms with E-state index in [0.29, 0.717) is 6.04 Å². The predicted molar refractivity (Wildman–Crippen MR) is 70.3 cm³/mol. The molecule has 0 aliphatic carbocycles. The second-order valence-electron chi connectivity index (χ2n) is 4.58. The van der Waals surface area contributed by atoms with Gasteiger partial charge >= 0.3 is 0 Å². The Morgan fingerprint density at radius 2 is 1.88 bits per heavy atom. The molecule has 1 aliphatic rings. The molecule has 1 aliphatic heterocycles. The zero-order valence-corrected chi connectivity index (χ0v) is 10.2. The number of rotatable bonds is 3. The van der Waals surface area contributed by atoms with E-state index < -0.39 is 0 Å². The molecule has 1 saturated heterocycles. The molecular formula is C13H21N3. The molecular weight excluding hydrogens is 198 g/mol. The fourth-order valence-corrected chi connectivity index (χ4v) is 2.17. The quantitative estimate of drug-likeness (QED) is 0.813. The second-order valence-corrected chi connectivity index (χ2v) is 4.58. The highest BCUT2D eigenvalue weighted by Gasteiger charge is 2.14. The molecule has 2 N–H and O–H groups in total. The van der Waals surface area contributed by atoms with Crippen molar-refractivity contribution >= 4 is 11.4 Å². The Bertz CT molecular complexity index is 330. The van der Waals surface area contributed by atoms with Gasteiger partial charge in [-0.25, -0.2) is 0 Å². The van der Waals surface area contributed by atoms with E-state index in [4.69, 9.17) is 0 Å². The van der Waals surface area contributed by atoms with Crippen LogP contribution in [0.2, 0.25) is 0 Å². The number of nitrogens with zero attached hydrogens (tertiary/aromatic N) is 1. The standard InChI is InChI=1S/C13H21N3/c1-16(2)13-6-4-3-5-12(13)15-11-7-9-14-10-8-11/h3-6,11,14-15H,7-10H2,1-2H3. The van der Waals surface area contributed by atoms with Crippen LogP contribution in [0.25, 0.3) is 0 Å². The Hall–Kier alpha value is -1.22. The monoisotopic (exact) mass is 219 g/mol. The molecule has 0 atom stereocenters. The summed E-state index contributed by atoms with van der Waals surface area (Å²) in [6.07, 6.45) is 2.42. The lowest BCUT2D eigenvalue weighted by Gasteiger charge is -2.27. The van der Waals surface area contributed by atoms with Gasteiger partial charge in [0.25, 0.3) is 0 Å². The van der Waals surface area contributed by atoms with Gasteiger partial charge in [0.05, 0.1) is 11.4 Å². The lowest BCUT2D eigenvalue weighted by Crippen LogP contribution is -2.35. The van der Waals surface area contributed by atoms with Crippen LogP contribution in [0, 0.1) is 0 Å². The summed E-state index contributed by atoms with van der Waals surface area (Å²) in [4.78, 5) is 2.16. The first-order valence-corrected chi connectivity index (χ1v) is 6.01. The van der Waals surface area contributed by atoms with Gasteiger partial charge in [-0.1, -0.05) is 12.1 Å². The van der Waals surface area contributed by atoms with E-state index >= 15 is 0 Å². The van der Waals surface area contributed by atoms with Crippen LogP contribution >= 0.6 is 0 Å². The van der Waals surface area contributed by atoms with Gasteiger partial charge in [-0.15, -0.1) is 0 Å². The first-order chi connectivity index (χ1) is 7.77. The van der Waals surface area contributed by atoms with Crippen molar-refractivity contribution in [2.75, 3.05) is 37.4 Å². The van der Waals surface area contributed by atoms with Crippen LogP contribution in [0.5, 0.6) is 0 Å². The Kier molecular flexibility index (Phi) is 3.67. The summed E-state index contributed by atoms with van der Waals surface area (Å²) in [7, 11) is 4.17. The Labute approximate surface area is 97.8 Å². The van der Waals surface area contributed by atoms with E-state index in [1.807, 2.05) is 0 Å². The highest BCUT2D eigenvalue weighted by molar-refractivity contribution is 5.69. The molecule has 3 heteroatoms. The van der Waals surface area contributed by atoms with Crippen molar-refractivity contribution in [2.45, 2.75) is 18.9 Å². The number of anilines is 2. The molecule has 1 aromatic carbocycles. The van der Waals surface area contributed by atoms with Crippen LogP contribution in [-0.4, -0.2) is 33.2 Å². The molecule has 1 fully saturated rings. The van der Waals surface area contributed by atoms with E-state index in [-0.39, 0.29) is 0 Å². The SMILES string of the molecule is CN(C)c1ccccc1NC1CCNCC1. The van der Waals surface area contributed by atoms with Crippen molar-refractivity contribution in [2.24, 2.45) is 0 Å². The van der Waals surface area contributed by atoms with Crippen LogP contribution in [0.1, 0.15) is 12.8 Å². The van der Waals surface area contributed by atoms with Crippen molar-refractivity contribution in [1.82, 2.24) is 5.32 Å². The van der Waals surface area contributed by atoms with Gasteiger partial charge in [-0.2, -0.15) is 0 Å². The number of benzene rings is 1. The summed E-state index contributed by atoms with van der Waals surface area (Å²) in [5.74, 6) is 0. The van der Waals surface area contributed by atoms with Gasteiger partial charge in [-0.05, 0) is 38.1 Å². The number of hydrogen-bond donors (Lipinski definition) is 2. The highest BCUT2D eigenvalue weighted by atomic mass is 15.1. The molecule has 3 nitrogen and oxygen atoms in total. The molecule has 0 unspecified atom stereocenters. The van der Waals surface area contributed by atoms with Crippen LogP contribution < -0.4 is 15.5 Å². The van der Waals surface area contributed by atoms with Gasteiger partial charge in [0.2, 0.25) is 0 Å². The van der Waals surface area contributed by atoms with Crippen molar-refractivity contribution < 1.29 is 0 Å². The summed E-state index contributed by atoms with van der Waals surface area (Å²) in [6.45, 7) is 2.25. The molecule has 88 valence electrons. The van der Waals surface area contributed by atoms with E-state index in [1.54, 1.807) is 0 Å². The molecule has 16 heavy (non-hydrogen) atoms. The van der Waals surface area contributed by atoms with Crippen molar-refractivity contribution in [3.63, 3.8) is 0 Å². The molecule has 0 spiro atoms. The normalized spacial score (nSPS) is 17.1. The fourth-order valence-electron chi connectivity index (χ4n) is 2.17.